The Bertz CT molecular complexity index is 651. The highest BCUT2D eigenvalue weighted by molar-refractivity contribution is 7.89. The average molecular weight is 281 g/mol. The molecule has 0 saturated heterocycles. The fourth-order valence-electron chi connectivity index (χ4n) is 1.62. The second kappa shape index (κ2) is 5.52. The van der Waals surface area contributed by atoms with Crippen molar-refractivity contribution in [1.29, 1.82) is 0 Å². The van der Waals surface area contributed by atoms with Crippen molar-refractivity contribution in [2.24, 2.45) is 0 Å². The molecule has 102 valence electrons. The molecule has 0 radical (unpaired) electrons. The lowest BCUT2D eigenvalue weighted by Gasteiger charge is -2.08. The molecular formula is C12H15N3O3S. The summed E-state index contributed by atoms with van der Waals surface area (Å²) in [6.07, 6.45) is 3.17. The van der Waals surface area contributed by atoms with Gasteiger partial charge in [-0.3, -0.25) is 5.10 Å². The van der Waals surface area contributed by atoms with E-state index >= 15 is 0 Å². The molecule has 1 aromatic heterocycles. The Labute approximate surface area is 111 Å². The summed E-state index contributed by atoms with van der Waals surface area (Å²) in [7, 11) is -3.59. The number of hydrogen-bond donors (Lipinski definition) is 3. The van der Waals surface area contributed by atoms with Gasteiger partial charge in [-0.05, 0) is 30.2 Å². The zero-order valence-corrected chi connectivity index (χ0v) is 11.2. The molecular weight excluding hydrogens is 266 g/mol. The first-order chi connectivity index (χ1) is 9.03. The maximum absolute atomic E-state index is 12.1. The SMILES string of the molecule is Cc1ccc(S(=O)(=O)NCc2cn[nH]c2)cc1CO. The summed E-state index contributed by atoms with van der Waals surface area (Å²) in [4.78, 5) is 0.144. The van der Waals surface area contributed by atoms with Crippen LogP contribution in [-0.2, 0) is 23.2 Å². The molecule has 0 aliphatic rings. The summed E-state index contributed by atoms with van der Waals surface area (Å²) in [5.41, 5.74) is 2.21. The van der Waals surface area contributed by atoms with Crippen LogP contribution in [0.3, 0.4) is 0 Å². The van der Waals surface area contributed by atoms with Gasteiger partial charge in [0.05, 0.1) is 17.7 Å². The van der Waals surface area contributed by atoms with Crippen LogP contribution in [0.2, 0.25) is 0 Å². The number of H-pyrrole nitrogens is 1. The zero-order chi connectivity index (χ0) is 13.9. The molecule has 3 N–H and O–H groups in total. The summed E-state index contributed by atoms with van der Waals surface area (Å²) in [6, 6.07) is 4.68. The predicted octanol–water partition coefficient (Wildman–Crippen LogP) is 0.689. The Hall–Kier alpha value is -1.70. The van der Waals surface area contributed by atoms with E-state index in [-0.39, 0.29) is 18.0 Å². The van der Waals surface area contributed by atoms with Gasteiger partial charge in [0.25, 0.3) is 0 Å². The fraction of sp³-hybridized carbons (Fsp3) is 0.250. The summed E-state index contributed by atoms with van der Waals surface area (Å²) in [6.45, 7) is 1.80. The normalized spacial score (nSPS) is 11.7. The van der Waals surface area contributed by atoms with E-state index in [4.69, 9.17) is 5.11 Å². The van der Waals surface area contributed by atoms with Crippen LogP contribution in [0.4, 0.5) is 0 Å². The smallest absolute Gasteiger partial charge is 0.240 e. The van der Waals surface area contributed by atoms with E-state index in [1.54, 1.807) is 18.5 Å². The number of aryl methyl sites for hydroxylation is 1. The molecule has 2 rings (SSSR count). The molecule has 0 amide bonds. The lowest BCUT2D eigenvalue weighted by molar-refractivity contribution is 0.280. The van der Waals surface area contributed by atoms with Crippen molar-refractivity contribution in [2.75, 3.05) is 0 Å². The molecule has 2 aromatic rings. The van der Waals surface area contributed by atoms with Crippen molar-refractivity contribution >= 4 is 10.0 Å². The topological polar surface area (TPSA) is 95.1 Å². The quantitative estimate of drug-likeness (QED) is 0.751. The Balaban J connectivity index is 2.19. The van der Waals surface area contributed by atoms with Crippen molar-refractivity contribution in [3.63, 3.8) is 0 Å². The average Bonchev–Trinajstić information content (AvgIpc) is 2.90. The van der Waals surface area contributed by atoms with Gasteiger partial charge < -0.3 is 5.11 Å². The first-order valence-electron chi connectivity index (χ1n) is 5.70. The zero-order valence-electron chi connectivity index (χ0n) is 10.4. The van der Waals surface area contributed by atoms with Crippen LogP contribution < -0.4 is 4.72 Å². The number of aromatic nitrogens is 2. The van der Waals surface area contributed by atoms with Gasteiger partial charge in [0.15, 0.2) is 0 Å². The maximum atomic E-state index is 12.1. The molecule has 0 unspecified atom stereocenters. The van der Waals surface area contributed by atoms with Crippen molar-refractivity contribution in [2.45, 2.75) is 25.0 Å². The Morgan fingerprint density at radius 2 is 2.21 bits per heavy atom. The lowest BCUT2D eigenvalue weighted by atomic mass is 10.1. The van der Waals surface area contributed by atoms with Crippen molar-refractivity contribution in [1.82, 2.24) is 14.9 Å². The highest BCUT2D eigenvalue weighted by Crippen LogP contribution is 2.15. The molecule has 0 aliphatic carbocycles. The van der Waals surface area contributed by atoms with Crippen LogP contribution >= 0.6 is 0 Å². The fourth-order valence-corrected chi connectivity index (χ4v) is 2.69. The third kappa shape index (κ3) is 3.19. The number of aliphatic hydroxyl groups is 1. The van der Waals surface area contributed by atoms with Crippen molar-refractivity contribution in [3.8, 4) is 0 Å². The van der Waals surface area contributed by atoms with E-state index in [9.17, 15) is 8.42 Å². The van der Waals surface area contributed by atoms with Crippen LogP contribution in [0.25, 0.3) is 0 Å². The molecule has 6 nitrogen and oxygen atoms in total. The molecule has 0 aliphatic heterocycles. The molecule has 1 aromatic carbocycles. The molecule has 0 fully saturated rings. The minimum Gasteiger partial charge on any atom is -0.392 e. The highest BCUT2D eigenvalue weighted by atomic mass is 32.2. The molecule has 1 heterocycles. The molecule has 7 heteroatoms. The highest BCUT2D eigenvalue weighted by Gasteiger charge is 2.15. The van der Waals surface area contributed by atoms with Gasteiger partial charge in [0.1, 0.15) is 0 Å². The van der Waals surface area contributed by atoms with Crippen LogP contribution in [0.5, 0.6) is 0 Å². The standard InChI is InChI=1S/C12H15N3O3S/c1-9-2-3-12(4-11(9)8-16)19(17,18)15-7-10-5-13-14-6-10/h2-6,15-16H,7-8H2,1H3,(H,13,14). The van der Waals surface area contributed by atoms with Crippen LogP contribution in [0.15, 0.2) is 35.5 Å². The minimum absolute atomic E-state index is 0.144. The number of sulfonamides is 1. The van der Waals surface area contributed by atoms with Crippen LogP contribution in [0.1, 0.15) is 16.7 Å². The van der Waals surface area contributed by atoms with Gasteiger partial charge in [0.2, 0.25) is 10.0 Å². The summed E-state index contributed by atoms with van der Waals surface area (Å²) >= 11 is 0. The first-order valence-corrected chi connectivity index (χ1v) is 7.19. The van der Waals surface area contributed by atoms with Gasteiger partial charge >= 0.3 is 0 Å². The van der Waals surface area contributed by atoms with Gasteiger partial charge in [-0.25, -0.2) is 13.1 Å². The first kappa shape index (κ1) is 13.7. The van der Waals surface area contributed by atoms with Crippen molar-refractivity contribution in [3.05, 3.63) is 47.3 Å². The number of nitrogens with zero attached hydrogens (tertiary/aromatic N) is 1. The van der Waals surface area contributed by atoms with Crippen molar-refractivity contribution < 1.29 is 13.5 Å². The number of hydrogen-bond acceptors (Lipinski definition) is 4. The van der Waals surface area contributed by atoms with E-state index in [0.717, 1.165) is 11.1 Å². The van der Waals surface area contributed by atoms with E-state index in [1.165, 1.54) is 12.1 Å². The molecule has 0 bridgehead atoms. The second-order valence-corrected chi connectivity index (χ2v) is 5.94. The number of aromatic amines is 1. The minimum atomic E-state index is -3.59. The Morgan fingerprint density at radius 1 is 1.42 bits per heavy atom. The molecule has 0 saturated carbocycles. The summed E-state index contributed by atoms with van der Waals surface area (Å²) in [5, 5.41) is 15.5. The number of benzene rings is 1. The summed E-state index contributed by atoms with van der Waals surface area (Å²) in [5.74, 6) is 0. The monoisotopic (exact) mass is 281 g/mol. The molecule has 19 heavy (non-hydrogen) atoms. The lowest BCUT2D eigenvalue weighted by Crippen LogP contribution is -2.23. The Kier molecular flexibility index (Phi) is 3.98. The van der Waals surface area contributed by atoms with E-state index < -0.39 is 10.0 Å². The van der Waals surface area contributed by atoms with E-state index in [1.807, 2.05) is 6.92 Å². The molecule has 0 spiro atoms. The summed E-state index contributed by atoms with van der Waals surface area (Å²) < 4.78 is 26.6. The van der Waals surface area contributed by atoms with Gasteiger partial charge in [0, 0.05) is 18.3 Å². The third-order valence-electron chi connectivity index (χ3n) is 2.82. The van der Waals surface area contributed by atoms with Gasteiger partial charge in [-0.1, -0.05) is 6.07 Å². The number of aliphatic hydroxyl groups excluding tert-OH is 1. The second-order valence-electron chi connectivity index (χ2n) is 4.18. The van der Waals surface area contributed by atoms with Gasteiger partial charge in [-0.15, -0.1) is 0 Å². The van der Waals surface area contributed by atoms with Crippen LogP contribution in [0, 0.1) is 6.92 Å². The van der Waals surface area contributed by atoms with E-state index in [0.29, 0.717) is 5.56 Å². The van der Waals surface area contributed by atoms with Crippen LogP contribution in [-0.4, -0.2) is 23.7 Å². The number of rotatable bonds is 5. The largest absolute Gasteiger partial charge is 0.392 e. The maximum Gasteiger partial charge on any atom is 0.240 e. The van der Waals surface area contributed by atoms with Gasteiger partial charge in [-0.2, -0.15) is 5.10 Å². The predicted molar refractivity (Wildman–Crippen MR) is 69.7 cm³/mol. The molecule has 0 atom stereocenters. The number of nitrogens with one attached hydrogen (secondary N) is 2. The van der Waals surface area contributed by atoms with E-state index in [2.05, 4.69) is 14.9 Å². The Morgan fingerprint density at radius 3 is 2.84 bits per heavy atom. The third-order valence-corrected chi connectivity index (χ3v) is 4.22.